The van der Waals surface area contributed by atoms with Gasteiger partial charge in [-0.3, -0.25) is 0 Å². The Labute approximate surface area is 122 Å². The van der Waals surface area contributed by atoms with E-state index < -0.39 is 0 Å². The van der Waals surface area contributed by atoms with Crippen LogP contribution in [0.2, 0.25) is 0 Å². The lowest BCUT2D eigenvalue weighted by atomic mass is 10.2. The zero-order chi connectivity index (χ0) is 14.4. The number of aromatic nitrogens is 4. The van der Waals surface area contributed by atoms with Crippen molar-refractivity contribution >= 4 is 11.8 Å². The molecule has 1 N–H and O–H groups in total. The van der Waals surface area contributed by atoms with Gasteiger partial charge in [0.05, 0.1) is 7.05 Å². The molecular weight excluding hydrogens is 277 g/mol. The summed E-state index contributed by atoms with van der Waals surface area (Å²) in [7, 11) is 1.75. The predicted molar refractivity (Wildman–Crippen MR) is 77.1 cm³/mol. The lowest BCUT2D eigenvalue weighted by molar-refractivity contribution is 0.556. The van der Waals surface area contributed by atoms with Crippen molar-refractivity contribution in [1.29, 1.82) is 0 Å². The van der Waals surface area contributed by atoms with Crippen molar-refractivity contribution in [3.8, 4) is 0 Å². The van der Waals surface area contributed by atoms with Crippen molar-refractivity contribution in [3.63, 3.8) is 0 Å². The van der Waals surface area contributed by atoms with Gasteiger partial charge in [0, 0.05) is 23.1 Å². The number of tetrazole rings is 1. The average molecular weight is 295 g/mol. The van der Waals surface area contributed by atoms with Crippen molar-refractivity contribution < 1.29 is 4.39 Å². The number of hydrogen-bond donors (Lipinski definition) is 1. The molecule has 1 heterocycles. The van der Waals surface area contributed by atoms with Crippen LogP contribution in [0.4, 0.5) is 4.39 Å². The number of thioether (sulfide) groups is 1. The maximum atomic E-state index is 13.1. The van der Waals surface area contributed by atoms with Crippen LogP contribution in [0.15, 0.2) is 29.2 Å². The standard InChI is InChI=1S/C13H18FN5S/c1-3-15-11(8-13-16-18-19(2)17-13)9-20-12-6-4-5-10(14)7-12/h4-7,11,15H,3,8-9H2,1-2H3. The number of halogens is 1. The van der Waals surface area contributed by atoms with Crippen molar-refractivity contribution in [3.05, 3.63) is 35.9 Å². The van der Waals surface area contributed by atoms with Crippen LogP contribution in [0.5, 0.6) is 0 Å². The topological polar surface area (TPSA) is 55.6 Å². The van der Waals surface area contributed by atoms with Crippen molar-refractivity contribution in [2.75, 3.05) is 12.3 Å². The Hall–Kier alpha value is -1.47. The van der Waals surface area contributed by atoms with E-state index in [1.54, 1.807) is 30.9 Å². The summed E-state index contributed by atoms with van der Waals surface area (Å²) in [6.07, 6.45) is 0.712. The summed E-state index contributed by atoms with van der Waals surface area (Å²) in [5.74, 6) is 1.35. The molecule has 0 saturated heterocycles. The number of likely N-dealkylation sites (N-methyl/N-ethyl adjacent to an activating group) is 1. The highest BCUT2D eigenvalue weighted by Crippen LogP contribution is 2.20. The number of rotatable bonds is 7. The molecule has 0 radical (unpaired) electrons. The van der Waals surface area contributed by atoms with Crippen LogP contribution in [0.1, 0.15) is 12.7 Å². The molecule has 0 amide bonds. The molecule has 1 atom stereocenters. The van der Waals surface area contributed by atoms with Crippen LogP contribution in [0.25, 0.3) is 0 Å². The molecule has 1 aromatic carbocycles. The van der Waals surface area contributed by atoms with Crippen LogP contribution in [-0.2, 0) is 13.5 Å². The molecule has 0 fully saturated rings. The van der Waals surface area contributed by atoms with Gasteiger partial charge >= 0.3 is 0 Å². The van der Waals surface area contributed by atoms with Crippen LogP contribution in [-0.4, -0.2) is 38.5 Å². The molecule has 108 valence electrons. The maximum Gasteiger partial charge on any atom is 0.176 e. The first-order chi connectivity index (χ1) is 9.67. The van der Waals surface area contributed by atoms with Gasteiger partial charge in [-0.25, -0.2) is 4.39 Å². The number of hydrogen-bond acceptors (Lipinski definition) is 5. The fourth-order valence-corrected chi connectivity index (χ4v) is 2.86. The third-order valence-electron chi connectivity index (χ3n) is 2.72. The van der Waals surface area contributed by atoms with E-state index in [1.807, 2.05) is 6.07 Å². The van der Waals surface area contributed by atoms with Gasteiger partial charge in [-0.1, -0.05) is 13.0 Å². The molecule has 1 aromatic heterocycles. The monoisotopic (exact) mass is 295 g/mol. The molecule has 0 aliphatic heterocycles. The minimum absolute atomic E-state index is 0.203. The number of benzene rings is 1. The molecule has 2 rings (SSSR count). The van der Waals surface area contributed by atoms with Gasteiger partial charge in [-0.15, -0.1) is 22.0 Å². The van der Waals surface area contributed by atoms with E-state index in [9.17, 15) is 4.39 Å². The fraction of sp³-hybridized carbons (Fsp3) is 0.462. The van der Waals surface area contributed by atoms with Crippen LogP contribution < -0.4 is 5.32 Å². The van der Waals surface area contributed by atoms with E-state index in [0.717, 1.165) is 23.0 Å². The van der Waals surface area contributed by atoms with E-state index in [-0.39, 0.29) is 11.9 Å². The van der Waals surface area contributed by atoms with Gasteiger partial charge in [0.2, 0.25) is 0 Å². The van der Waals surface area contributed by atoms with E-state index in [1.165, 1.54) is 10.9 Å². The van der Waals surface area contributed by atoms with Crippen molar-refractivity contribution in [2.24, 2.45) is 7.05 Å². The Morgan fingerprint density at radius 2 is 2.30 bits per heavy atom. The van der Waals surface area contributed by atoms with Gasteiger partial charge in [0.1, 0.15) is 5.82 Å². The molecule has 2 aromatic rings. The van der Waals surface area contributed by atoms with Gasteiger partial charge < -0.3 is 5.32 Å². The van der Waals surface area contributed by atoms with Gasteiger partial charge in [0.25, 0.3) is 0 Å². The first kappa shape index (κ1) is 14.9. The highest BCUT2D eigenvalue weighted by molar-refractivity contribution is 7.99. The summed E-state index contributed by atoms with van der Waals surface area (Å²) in [5, 5.41) is 15.4. The van der Waals surface area contributed by atoms with Crippen LogP contribution in [0, 0.1) is 5.82 Å². The van der Waals surface area contributed by atoms with Crippen molar-refractivity contribution in [2.45, 2.75) is 24.3 Å². The maximum absolute atomic E-state index is 13.1. The van der Waals surface area contributed by atoms with Crippen LogP contribution in [0.3, 0.4) is 0 Å². The summed E-state index contributed by atoms with van der Waals surface area (Å²) in [4.78, 5) is 2.39. The molecule has 0 aliphatic carbocycles. The Morgan fingerprint density at radius 1 is 1.45 bits per heavy atom. The average Bonchev–Trinajstić information content (AvgIpc) is 2.82. The molecule has 1 unspecified atom stereocenters. The van der Waals surface area contributed by atoms with E-state index in [0.29, 0.717) is 6.42 Å². The Bertz CT molecular complexity index is 545. The quantitative estimate of drug-likeness (QED) is 0.787. The van der Waals surface area contributed by atoms with Crippen molar-refractivity contribution in [1.82, 2.24) is 25.5 Å². The normalized spacial score (nSPS) is 12.6. The van der Waals surface area contributed by atoms with E-state index >= 15 is 0 Å². The zero-order valence-electron chi connectivity index (χ0n) is 11.6. The van der Waals surface area contributed by atoms with Gasteiger partial charge in [-0.2, -0.15) is 4.80 Å². The Kier molecular flexibility index (Phi) is 5.49. The minimum Gasteiger partial charge on any atom is -0.313 e. The largest absolute Gasteiger partial charge is 0.313 e. The second-order valence-electron chi connectivity index (χ2n) is 4.42. The van der Waals surface area contributed by atoms with E-state index in [4.69, 9.17) is 0 Å². The summed E-state index contributed by atoms with van der Waals surface area (Å²) >= 11 is 1.62. The Balaban J connectivity index is 1.91. The smallest absolute Gasteiger partial charge is 0.176 e. The SMILES string of the molecule is CCNC(CSc1cccc(F)c1)Cc1nnn(C)n1. The predicted octanol–water partition coefficient (Wildman–Crippen LogP) is 1.66. The fourth-order valence-electron chi connectivity index (χ4n) is 1.86. The third kappa shape index (κ3) is 4.57. The second-order valence-corrected chi connectivity index (χ2v) is 5.52. The third-order valence-corrected chi connectivity index (χ3v) is 3.88. The second kappa shape index (κ2) is 7.35. The highest BCUT2D eigenvalue weighted by atomic mass is 32.2. The van der Waals surface area contributed by atoms with Crippen LogP contribution >= 0.6 is 11.8 Å². The van der Waals surface area contributed by atoms with E-state index in [2.05, 4.69) is 27.7 Å². The number of nitrogens with one attached hydrogen (secondary N) is 1. The highest BCUT2D eigenvalue weighted by Gasteiger charge is 2.12. The van der Waals surface area contributed by atoms with Gasteiger partial charge in [0.15, 0.2) is 5.82 Å². The zero-order valence-corrected chi connectivity index (χ0v) is 12.4. The summed E-state index contributed by atoms with van der Waals surface area (Å²) < 4.78 is 13.1. The molecule has 20 heavy (non-hydrogen) atoms. The molecule has 0 saturated carbocycles. The molecule has 0 spiro atoms. The molecule has 7 heteroatoms. The molecular formula is C13H18FN5S. The summed E-state index contributed by atoms with van der Waals surface area (Å²) in [6.45, 7) is 2.93. The lowest BCUT2D eigenvalue weighted by Gasteiger charge is -2.15. The lowest BCUT2D eigenvalue weighted by Crippen LogP contribution is -2.33. The minimum atomic E-state index is -0.203. The van der Waals surface area contributed by atoms with Gasteiger partial charge in [-0.05, 0) is 30.0 Å². The number of aryl methyl sites for hydroxylation is 1. The molecule has 0 aliphatic rings. The first-order valence-electron chi connectivity index (χ1n) is 6.52. The first-order valence-corrected chi connectivity index (χ1v) is 7.50. The molecule has 5 nitrogen and oxygen atoms in total. The molecule has 0 bridgehead atoms. The Morgan fingerprint density at radius 3 is 2.95 bits per heavy atom. The number of nitrogens with zero attached hydrogens (tertiary/aromatic N) is 4. The summed E-state index contributed by atoms with van der Waals surface area (Å²) in [6, 6.07) is 6.88. The summed E-state index contributed by atoms with van der Waals surface area (Å²) in [5.41, 5.74) is 0.